The normalized spacial score (nSPS) is 10.3. The molecule has 2 rings (SSSR count). The number of aromatic hydroxyl groups is 4. The number of ether oxygens (including phenoxy) is 1. The Morgan fingerprint density at radius 3 is 2.00 bits per heavy atom. The summed E-state index contributed by atoms with van der Waals surface area (Å²) < 4.78 is 5.26. The molecule has 0 bridgehead atoms. The average Bonchev–Trinajstić information content (AvgIpc) is 2.41. The van der Waals surface area contributed by atoms with Gasteiger partial charge in [-0.15, -0.1) is 0 Å². The van der Waals surface area contributed by atoms with Gasteiger partial charge < -0.3 is 36.6 Å². The van der Waals surface area contributed by atoms with Gasteiger partial charge in [0.05, 0.1) is 5.69 Å². The largest absolute Gasteiger partial charge is 0.503 e. The third kappa shape index (κ3) is 1.97. The fourth-order valence-corrected chi connectivity index (χ4v) is 1.48. The smallest absolute Gasteiger partial charge is 0.208 e. The second-order valence-corrected chi connectivity index (χ2v) is 3.78. The maximum atomic E-state index is 9.67. The van der Waals surface area contributed by atoms with Crippen LogP contribution in [0.4, 0.5) is 11.4 Å². The topological polar surface area (TPSA) is 142 Å². The fraction of sp³-hybridized carbons (Fsp3) is 0. The number of phenolic OH excluding ortho intramolecular Hbond substituents is 4. The maximum Gasteiger partial charge on any atom is 0.208 e. The Kier molecular flexibility index (Phi) is 2.88. The molecule has 2 aromatic rings. The third-order valence-electron chi connectivity index (χ3n) is 2.52. The number of para-hydroxylation sites is 2. The molecule has 19 heavy (non-hydrogen) atoms. The molecule has 0 saturated heterocycles. The van der Waals surface area contributed by atoms with E-state index in [-0.39, 0.29) is 11.4 Å². The monoisotopic (exact) mass is 264 g/mol. The van der Waals surface area contributed by atoms with E-state index in [0.29, 0.717) is 0 Å². The first-order valence-corrected chi connectivity index (χ1v) is 5.21. The Morgan fingerprint density at radius 2 is 1.37 bits per heavy atom. The molecule has 8 N–H and O–H groups in total. The molecule has 0 fully saturated rings. The van der Waals surface area contributed by atoms with Crippen LogP contribution in [0.5, 0.6) is 34.5 Å². The Balaban J connectivity index is 2.56. The minimum Gasteiger partial charge on any atom is -0.503 e. The standard InChI is InChI=1S/C12H12N2O5/c13-5-3-1-2-4-6(5)19-12-7(14)8(15)9(16)10(17)11(12)18/h1-4,15-18H,13-14H2. The second-order valence-electron chi connectivity index (χ2n) is 3.78. The summed E-state index contributed by atoms with van der Waals surface area (Å²) in [6.45, 7) is 0. The van der Waals surface area contributed by atoms with Crippen LogP contribution in [-0.4, -0.2) is 20.4 Å². The molecule has 0 spiro atoms. The Morgan fingerprint density at radius 1 is 0.789 bits per heavy atom. The Labute approximate surface area is 107 Å². The average molecular weight is 264 g/mol. The zero-order valence-corrected chi connectivity index (χ0v) is 9.66. The molecule has 0 aliphatic rings. The number of rotatable bonds is 2. The van der Waals surface area contributed by atoms with Gasteiger partial charge in [0.1, 0.15) is 5.69 Å². The number of nitrogen functional groups attached to an aromatic ring is 2. The second kappa shape index (κ2) is 4.37. The van der Waals surface area contributed by atoms with E-state index in [1.54, 1.807) is 18.2 Å². The highest BCUT2D eigenvalue weighted by Gasteiger charge is 2.23. The fourth-order valence-electron chi connectivity index (χ4n) is 1.48. The lowest BCUT2D eigenvalue weighted by Gasteiger charge is -2.14. The lowest BCUT2D eigenvalue weighted by atomic mass is 10.2. The highest BCUT2D eigenvalue weighted by molar-refractivity contribution is 5.78. The summed E-state index contributed by atoms with van der Waals surface area (Å²) in [5.74, 6) is -3.67. The van der Waals surface area contributed by atoms with Crippen LogP contribution < -0.4 is 16.2 Å². The van der Waals surface area contributed by atoms with E-state index in [0.717, 1.165) is 0 Å². The first-order valence-electron chi connectivity index (χ1n) is 5.21. The van der Waals surface area contributed by atoms with Crippen molar-refractivity contribution in [3.8, 4) is 34.5 Å². The lowest BCUT2D eigenvalue weighted by Crippen LogP contribution is -1.96. The quantitative estimate of drug-likeness (QED) is 0.274. The summed E-state index contributed by atoms with van der Waals surface area (Å²) in [7, 11) is 0. The summed E-state index contributed by atoms with van der Waals surface area (Å²) in [5, 5.41) is 37.9. The van der Waals surface area contributed by atoms with Crippen molar-refractivity contribution in [1.29, 1.82) is 0 Å². The van der Waals surface area contributed by atoms with Crippen LogP contribution in [0.1, 0.15) is 0 Å². The van der Waals surface area contributed by atoms with Gasteiger partial charge in [-0.05, 0) is 12.1 Å². The van der Waals surface area contributed by atoms with Crippen LogP contribution in [0.2, 0.25) is 0 Å². The molecule has 0 heterocycles. The zero-order valence-electron chi connectivity index (χ0n) is 9.66. The molecule has 0 unspecified atom stereocenters. The van der Waals surface area contributed by atoms with Crippen LogP contribution in [0.3, 0.4) is 0 Å². The zero-order chi connectivity index (χ0) is 14.2. The van der Waals surface area contributed by atoms with Crippen molar-refractivity contribution in [3.63, 3.8) is 0 Å². The van der Waals surface area contributed by atoms with E-state index in [1.165, 1.54) is 6.07 Å². The molecule has 7 nitrogen and oxygen atoms in total. The van der Waals surface area contributed by atoms with E-state index in [9.17, 15) is 20.4 Å². The Bertz CT molecular complexity index is 613. The van der Waals surface area contributed by atoms with Gasteiger partial charge in [0.25, 0.3) is 0 Å². The molecule has 100 valence electrons. The van der Waals surface area contributed by atoms with Gasteiger partial charge >= 0.3 is 0 Å². The van der Waals surface area contributed by atoms with E-state index < -0.39 is 34.4 Å². The number of phenols is 4. The molecule has 2 aromatic carbocycles. The van der Waals surface area contributed by atoms with Gasteiger partial charge in [-0.25, -0.2) is 0 Å². The number of hydrogen-bond donors (Lipinski definition) is 6. The minimum absolute atomic E-state index is 0.175. The summed E-state index contributed by atoms with van der Waals surface area (Å²) in [5.41, 5.74) is 11.0. The van der Waals surface area contributed by atoms with Gasteiger partial charge in [0, 0.05) is 0 Å². The summed E-state index contributed by atoms with van der Waals surface area (Å²) in [4.78, 5) is 0. The van der Waals surface area contributed by atoms with Crippen molar-refractivity contribution >= 4 is 11.4 Å². The highest BCUT2D eigenvalue weighted by atomic mass is 16.5. The molecule has 0 atom stereocenters. The molecule has 0 aromatic heterocycles. The summed E-state index contributed by atoms with van der Waals surface area (Å²) >= 11 is 0. The highest BCUT2D eigenvalue weighted by Crippen LogP contribution is 2.54. The SMILES string of the molecule is Nc1ccccc1Oc1c(N)c(O)c(O)c(O)c1O. The molecular formula is C12H12N2O5. The van der Waals surface area contributed by atoms with E-state index in [1.807, 2.05) is 0 Å². The van der Waals surface area contributed by atoms with Gasteiger partial charge in [-0.1, -0.05) is 12.1 Å². The predicted octanol–water partition coefficient (Wildman–Crippen LogP) is 1.47. The third-order valence-corrected chi connectivity index (χ3v) is 2.52. The molecule has 0 saturated carbocycles. The molecule has 0 radical (unpaired) electrons. The van der Waals surface area contributed by atoms with Crippen LogP contribution in [0, 0.1) is 0 Å². The van der Waals surface area contributed by atoms with Crippen molar-refractivity contribution in [1.82, 2.24) is 0 Å². The van der Waals surface area contributed by atoms with Crippen molar-refractivity contribution in [2.45, 2.75) is 0 Å². The first kappa shape index (κ1) is 12.5. The molecule has 0 aliphatic carbocycles. The van der Waals surface area contributed by atoms with Crippen LogP contribution >= 0.6 is 0 Å². The number of nitrogens with two attached hydrogens (primary N) is 2. The van der Waals surface area contributed by atoms with Gasteiger partial charge in [0.15, 0.2) is 17.2 Å². The van der Waals surface area contributed by atoms with Crippen LogP contribution in [-0.2, 0) is 0 Å². The number of anilines is 2. The first-order chi connectivity index (χ1) is 8.93. The van der Waals surface area contributed by atoms with Crippen molar-refractivity contribution in [2.75, 3.05) is 11.5 Å². The van der Waals surface area contributed by atoms with Crippen molar-refractivity contribution < 1.29 is 25.2 Å². The predicted molar refractivity (Wildman–Crippen MR) is 68.4 cm³/mol. The van der Waals surface area contributed by atoms with Gasteiger partial charge in [0.2, 0.25) is 17.2 Å². The molecular weight excluding hydrogens is 252 g/mol. The molecule has 7 heteroatoms. The number of benzene rings is 2. The van der Waals surface area contributed by atoms with Gasteiger partial charge in [-0.2, -0.15) is 0 Å². The lowest BCUT2D eigenvalue weighted by molar-refractivity contribution is 0.333. The van der Waals surface area contributed by atoms with Crippen molar-refractivity contribution in [2.24, 2.45) is 0 Å². The van der Waals surface area contributed by atoms with Crippen LogP contribution in [0.25, 0.3) is 0 Å². The van der Waals surface area contributed by atoms with Gasteiger partial charge in [-0.3, -0.25) is 0 Å². The molecule has 0 aliphatic heterocycles. The maximum absolute atomic E-state index is 9.67. The summed E-state index contributed by atoms with van der Waals surface area (Å²) in [6.07, 6.45) is 0. The van der Waals surface area contributed by atoms with E-state index >= 15 is 0 Å². The van der Waals surface area contributed by atoms with Crippen molar-refractivity contribution in [3.05, 3.63) is 24.3 Å². The Hall–Kier alpha value is -2.96. The number of hydrogen-bond acceptors (Lipinski definition) is 7. The summed E-state index contributed by atoms with van der Waals surface area (Å²) in [6, 6.07) is 6.38. The van der Waals surface area contributed by atoms with E-state index in [2.05, 4.69) is 0 Å². The van der Waals surface area contributed by atoms with Crippen LogP contribution in [0.15, 0.2) is 24.3 Å². The minimum atomic E-state index is -0.934. The van der Waals surface area contributed by atoms with E-state index in [4.69, 9.17) is 16.2 Å². The molecule has 0 amide bonds.